The van der Waals surface area contributed by atoms with E-state index in [1.807, 2.05) is 6.92 Å². The normalized spacial score (nSPS) is 23.3. The van der Waals surface area contributed by atoms with E-state index in [0.29, 0.717) is 18.4 Å². The maximum atomic E-state index is 12.7. The number of hydrogen-bond acceptors (Lipinski definition) is 3. The highest BCUT2D eigenvalue weighted by Crippen LogP contribution is 2.38. The van der Waals surface area contributed by atoms with Gasteiger partial charge in [-0.25, -0.2) is 8.42 Å². The minimum absolute atomic E-state index is 0.0623. The summed E-state index contributed by atoms with van der Waals surface area (Å²) in [6.07, 6.45) is 1.61. The first kappa shape index (κ1) is 16.0. The Morgan fingerprint density at radius 1 is 1.38 bits per heavy atom. The number of carboxylic acid groups (broad SMARTS) is 1. The molecule has 21 heavy (non-hydrogen) atoms. The zero-order valence-electron chi connectivity index (χ0n) is 12.4. The summed E-state index contributed by atoms with van der Waals surface area (Å²) in [6.45, 7) is 4.00. The predicted molar refractivity (Wildman–Crippen MR) is 79.5 cm³/mol. The molecule has 116 valence electrons. The average molecular weight is 311 g/mol. The highest BCUT2D eigenvalue weighted by atomic mass is 32.2. The number of nitrogens with zero attached hydrogens (tertiary/aromatic N) is 1. The van der Waals surface area contributed by atoms with E-state index in [-0.39, 0.29) is 18.0 Å². The predicted octanol–water partition coefficient (Wildman–Crippen LogP) is 2.26. The van der Waals surface area contributed by atoms with Crippen molar-refractivity contribution in [3.05, 3.63) is 29.8 Å². The zero-order valence-corrected chi connectivity index (χ0v) is 13.2. The van der Waals surface area contributed by atoms with Crippen molar-refractivity contribution in [1.29, 1.82) is 0 Å². The quantitative estimate of drug-likeness (QED) is 0.905. The molecule has 6 heteroatoms. The highest BCUT2D eigenvalue weighted by Gasteiger charge is 2.47. The second-order valence-corrected chi connectivity index (χ2v) is 7.60. The second-order valence-electron chi connectivity index (χ2n) is 5.69. The van der Waals surface area contributed by atoms with Crippen LogP contribution in [-0.2, 0) is 14.8 Å². The number of carboxylic acids is 1. The smallest absolute Gasteiger partial charge is 0.311 e. The van der Waals surface area contributed by atoms with Crippen molar-refractivity contribution < 1.29 is 18.3 Å². The van der Waals surface area contributed by atoms with Crippen molar-refractivity contribution in [3.63, 3.8) is 0 Å². The monoisotopic (exact) mass is 311 g/mol. The van der Waals surface area contributed by atoms with Crippen molar-refractivity contribution >= 4 is 16.0 Å². The number of rotatable bonds is 5. The SMILES string of the molecule is CCCC1(C(=O)O)CCN(S(=O)(=O)c2ccccc2C)C1. The van der Waals surface area contributed by atoms with E-state index in [1.54, 1.807) is 31.2 Å². The molecule has 1 aliphatic heterocycles. The van der Waals surface area contributed by atoms with Gasteiger partial charge in [0.15, 0.2) is 0 Å². The molecular weight excluding hydrogens is 290 g/mol. The van der Waals surface area contributed by atoms with Gasteiger partial charge < -0.3 is 5.11 Å². The summed E-state index contributed by atoms with van der Waals surface area (Å²) >= 11 is 0. The molecule has 1 unspecified atom stereocenters. The standard InChI is InChI=1S/C15H21NO4S/c1-3-8-15(14(17)18)9-10-16(11-15)21(19,20)13-7-5-4-6-12(13)2/h4-7H,3,8-11H2,1-2H3,(H,17,18). The Morgan fingerprint density at radius 2 is 2.05 bits per heavy atom. The summed E-state index contributed by atoms with van der Waals surface area (Å²) in [4.78, 5) is 11.8. The molecule has 1 N–H and O–H groups in total. The molecule has 1 atom stereocenters. The molecule has 0 aromatic heterocycles. The molecule has 1 aromatic rings. The Hall–Kier alpha value is -1.40. The van der Waals surface area contributed by atoms with E-state index < -0.39 is 21.4 Å². The number of sulfonamides is 1. The third kappa shape index (κ3) is 2.82. The van der Waals surface area contributed by atoms with Crippen LogP contribution in [0.5, 0.6) is 0 Å². The Morgan fingerprint density at radius 3 is 2.62 bits per heavy atom. The number of aryl methyl sites for hydroxylation is 1. The molecule has 0 spiro atoms. The summed E-state index contributed by atoms with van der Waals surface area (Å²) < 4.78 is 26.7. The van der Waals surface area contributed by atoms with Gasteiger partial charge in [0, 0.05) is 13.1 Å². The van der Waals surface area contributed by atoms with Crippen molar-refractivity contribution in [2.24, 2.45) is 5.41 Å². The van der Waals surface area contributed by atoms with Crippen molar-refractivity contribution in [3.8, 4) is 0 Å². The van der Waals surface area contributed by atoms with E-state index >= 15 is 0 Å². The van der Waals surface area contributed by atoms with Crippen molar-refractivity contribution in [2.75, 3.05) is 13.1 Å². The topological polar surface area (TPSA) is 74.7 Å². The van der Waals surface area contributed by atoms with Crippen molar-refractivity contribution in [2.45, 2.75) is 38.0 Å². The number of carbonyl (C=O) groups is 1. The molecule has 0 amide bonds. The number of aliphatic carboxylic acids is 1. The maximum absolute atomic E-state index is 12.7. The van der Waals surface area contributed by atoms with Gasteiger partial charge in [-0.3, -0.25) is 4.79 Å². The van der Waals surface area contributed by atoms with Crippen LogP contribution in [0.25, 0.3) is 0 Å². The van der Waals surface area contributed by atoms with Gasteiger partial charge in [0.25, 0.3) is 0 Å². The summed E-state index contributed by atoms with van der Waals surface area (Å²) in [5.41, 5.74) is -0.259. The molecule has 0 aliphatic carbocycles. The molecule has 1 fully saturated rings. The zero-order chi connectivity index (χ0) is 15.7. The summed E-state index contributed by atoms with van der Waals surface area (Å²) in [6, 6.07) is 6.80. The van der Waals surface area contributed by atoms with E-state index in [9.17, 15) is 18.3 Å². The minimum atomic E-state index is -3.62. The van der Waals surface area contributed by atoms with E-state index in [4.69, 9.17) is 0 Å². The van der Waals surface area contributed by atoms with Crippen LogP contribution in [0.1, 0.15) is 31.7 Å². The number of benzene rings is 1. The van der Waals surface area contributed by atoms with Crippen LogP contribution in [0.4, 0.5) is 0 Å². The number of hydrogen-bond donors (Lipinski definition) is 1. The maximum Gasteiger partial charge on any atom is 0.311 e. The molecule has 0 saturated carbocycles. The lowest BCUT2D eigenvalue weighted by molar-refractivity contribution is -0.148. The Kier molecular flexibility index (Phi) is 4.39. The van der Waals surface area contributed by atoms with Crippen LogP contribution in [0.3, 0.4) is 0 Å². The lowest BCUT2D eigenvalue weighted by Crippen LogP contribution is -2.37. The van der Waals surface area contributed by atoms with E-state index in [0.717, 1.165) is 6.42 Å². The van der Waals surface area contributed by atoms with Crippen LogP contribution in [-0.4, -0.2) is 36.9 Å². The first-order valence-corrected chi connectivity index (χ1v) is 8.57. The summed E-state index contributed by atoms with van der Waals surface area (Å²) in [5.74, 6) is -0.896. The van der Waals surface area contributed by atoms with Gasteiger partial charge in [-0.1, -0.05) is 31.5 Å². The molecule has 1 saturated heterocycles. The molecule has 5 nitrogen and oxygen atoms in total. The summed E-state index contributed by atoms with van der Waals surface area (Å²) in [5, 5.41) is 9.48. The van der Waals surface area contributed by atoms with Gasteiger partial charge in [0.2, 0.25) is 10.0 Å². The average Bonchev–Trinajstić information content (AvgIpc) is 2.86. The van der Waals surface area contributed by atoms with Gasteiger partial charge in [0.1, 0.15) is 0 Å². The fourth-order valence-corrected chi connectivity index (χ4v) is 4.74. The molecular formula is C15H21NO4S. The fourth-order valence-electron chi connectivity index (χ4n) is 2.99. The Bertz CT molecular complexity index is 641. The Balaban J connectivity index is 2.32. The van der Waals surface area contributed by atoms with Crippen LogP contribution < -0.4 is 0 Å². The highest BCUT2D eigenvalue weighted by molar-refractivity contribution is 7.89. The lowest BCUT2D eigenvalue weighted by atomic mass is 9.83. The third-order valence-electron chi connectivity index (χ3n) is 4.21. The molecule has 0 radical (unpaired) electrons. The first-order valence-electron chi connectivity index (χ1n) is 7.13. The molecule has 2 rings (SSSR count). The van der Waals surface area contributed by atoms with Gasteiger partial charge in [-0.05, 0) is 31.4 Å². The van der Waals surface area contributed by atoms with Crippen LogP contribution in [0.2, 0.25) is 0 Å². The van der Waals surface area contributed by atoms with Gasteiger partial charge in [-0.2, -0.15) is 4.31 Å². The van der Waals surface area contributed by atoms with Crippen LogP contribution in [0.15, 0.2) is 29.2 Å². The van der Waals surface area contributed by atoms with Crippen LogP contribution >= 0.6 is 0 Å². The molecule has 1 aliphatic rings. The molecule has 0 bridgehead atoms. The third-order valence-corrected chi connectivity index (χ3v) is 6.22. The second kappa shape index (κ2) is 5.77. The van der Waals surface area contributed by atoms with Gasteiger partial charge in [-0.15, -0.1) is 0 Å². The van der Waals surface area contributed by atoms with Crippen LogP contribution in [0, 0.1) is 12.3 Å². The molecule has 1 heterocycles. The van der Waals surface area contributed by atoms with Gasteiger partial charge >= 0.3 is 5.97 Å². The van der Waals surface area contributed by atoms with E-state index in [1.165, 1.54) is 4.31 Å². The lowest BCUT2D eigenvalue weighted by Gasteiger charge is -2.24. The first-order chi connectivity index (χ1) is 9.83. The van der Waals surface area contributed by atoms with Crippen molar-refractivity contribution in [1.82, 2.24) is 4.31 Å². The summed E-state index contributed by atoms with van der Waals surface area (Å²) in [7, 11) is -3.62. The van der Waals surface area contributed by atoms with E-state index in [2.05, 4.69) is 0 Å². The minimum Gasteiger partial charge on any atom is -0.481 e. The Labute approximate surface area is 125 Å². The van der Waals surface area contributed by atoms with Gasteiger partial charge in [0.05, 0.1) is 10.3 Å². The molecule has 1 aromatic carbocycles. The largest absolute Gasteiger partial charge is 0.481 e. The fraction of sp³-hybridized carbons (Fsp3) is 0.533.